The second kappa shape index (κ2) is 7.57. The fourth-order valence-corrected chi connectivity index (χ4v) is 2.38. The molecule has 0 saturated heterocycles. The van der Waals surface area contributed by atoms with Gasteiger partial charge in [-0.3, -0.25) is 0 Å². The van der Waals surface area contributed by atoms with E-state index in [9.17, 15) is 13.2 Å². The summed E-state index contributed by atoms with van der Waals surface area (Å²) in [4.78, 5) is 4.13. The van der Waals surface area contributed by atoms with Gasteiger partial charge in [-0.25, -0.2) is 0 Å². The molecule has 0 spiro atoms. The zero-order valence-corrected chi connectivity index (χ0v) is 14.0. The Labute approximate surface area is 152 Å². The third-order valence-corrected chi connectivity index (χ3v) is 3.64. The van der Waals surface area contributed by atoms with Crippen LogP contribution in [0.4, 0.5) is 30.6 Å². The fraction of sp³-hybridized carbons (Fsp3) is 0.118. The molecule has 1 aromatic heterocycles. The van der Waals surface area contributed by atoms with Crippen molar-refractivity contribution in [3.05, 3.63) is 70.9 Å². The third-order valence-electron chi connectivity index (χ3n) is 3.41. The highest BCUT2D eigenvalue weighted by molar-refractivity contribution is 6.30. The summed E-state index contributed by atoms with van der Waals surface area (Å²) in [6.45, 7) is 0.494. The summed E-state index contributed by atoms with van der Waals surface area (Å²) in [6.07, 6.45) is -3.18. The lowest BCUT2D eigenvalue weighted by atomic mass is 10.1. The quantitative estimate of drug-likeness (QED) is 0.660. The Kier molecular flexibility index (Phi) is 5.22. The lowest BCUT2D eigenvalue weighted by Gasteiger charge is -2.14. The van der Waals surface area contributed by atoms with Gasteiger partial charge in [0.2, 0.25) is 5.95 Å². The van der Waals surface area contributed by atoms with Crippen molar-refractivity contribution in [3.8, 4) is 0 Å². The van der Waals surface area contributed by atoms with Crippen LogP contribution in [0, 0.1) is 0 Å². The van der Waals surface area contributed by atoms with Crippen LogP contribution in [0.1, 0.15) is 11.1 Å². The van der Waals surface area contributed by atoms with Gasteiger partial charge in [0.15, 0.2) is 5.82 Å². The predicted molar refractivity (Wildman–Crippen MR) is 93.3 cm³/mol. The highest BCUT2D eigenvalue weighted by Crippen LogP contribution is 2.37. The largest absolute Gasteiger partial charge is 0.418 e. The molecule has 1 heterocycles. The standard InChI is InChI=1S/C17H13ClF3N5/c18-12-6-7-14(13(8-12)17(19,20)21)24-16-25-15(10-23-26-16)22-9-11-4-2-1-3-5-11/h1-8,10H,9H2,(H2,22,24,25,26). The molecule has 0 aliphatic heterocycles. The van der Waals surface area contributed by atoms with Crippen LogP contribution in [0.15, 0.2) is 54.7 Å². The van der Waals surface area contributed by atoms with E-state index in [1.54, 1.807) is 0 Å². The zero-order valence-electron chi connectivity index (χ0n) is 13.3. The maximum atomic E-state index is 13.2. The minimum Gasteiger partial charge on any atom is -0.365 e. The summed E-state index contributed by atoms with van der Waals surface area (Å²) >= 11 is 5.67. The van der Waals surface area contributed by atoms with E-state index in [0.29, 0.717) is 12.4 Å². The molecule has 5 nitrogen and oxygen atoms in total. The molecule has 0 radical (unpaired) electrons. The molecule has 0 unspecified atom stereocenters. The first-order valence-corrected chi connectivity index (χ1v) is 7.91. The summed E-state index contributed by atoms with van der Waals surface area (Å²) in [7, 11) is 0. The van der Waals surface area contributed by atoms with E-state index in [0.717, 1.165) is 11.6 Å². The second-order valence-electron chi connectivity index (χ2n) is 5.32. The van der Waals surface area contributed by atoms with Crippen LogP contribution in [0.2, 0.25) is 5.02 Å². The Hall–Kier alpha value is -2.87. The molecule has 0 bridgehead atoms. The number of benzene rings is 2. The van der Waals surface area contributed by atoms with Crippen molar-refractivity contribution in [1.82, 2.24) is 15.2 Å². The van der Waals surface area contributed by atoms with Gasteiger partial charge in [0.25, 0.3) is 0 Å². The van der Waals surface area contributed by atoms with Crippen molar-refractivity contribution >= 4 is 29.1 Å². The molecule has 0 fully saturated rings. The van der Waals surface area contributed by atoms with Crippen molar-refractivity contribution in [3.63, 3.8) is 0 Å². The molecule has 0 aliphatic rings. The molecule has 26 heavy (non-hydrogen) atoms. The average Bonchev–Trinajstić information content (AvgIpc) is 2.62. The first-order valence-electron chi connectivity index (χ1n) is 7.53. The van der Waals surface area contributed by atoms with E-state index >= 15 is 0 Å². The number of anilines is 3. The molecule has 9 heteroatoms. The summed E-state index contributed by atoms with van der Waals surface area (Å²) < 4.78 is 39.5. The van der Waals surface area contributed by atoms with Crippen LogP contribution >= 0.6 is 11.6 Å². The monoisotopic (exact) mass is 379 g/mol. The van der Waals surface area contributed by atoms with E-state index in [1.807, 2.05) is 30.3 Å². The number of nitrogens with one attached hydrogen (secondary N) is 2. The zero-order chi connectivity index (χ0) is 18.6. The van der Waals surface area contributed by atoms with Crippen LogP contribution < -0.4 is 10.6 Å². The first-order chi connectivity index (χ1) is 12.4. The van der Waals surface area contributed by atoms with E-state index in [2.05, 4.69) is 25.8 Å². The summed E-state index contributed by atoms with van der Waals surface area (Å²) in [5.74, 6) is 0.324. The summed E-state index contributed by atoms with van der Waals surface area (Å²) in [5.41, 5.74) is -0.0853. The molecule has 3 aromatic rings. The highest BCUT2D eigenvalue weighted by atomic mass is 35.5. The minimum absolute atomic E-state index is 0.0137. The van der Waals surface area contributed by atoms with Crippen molar-refractivity contribution in [2.24, 2.45) is 0 Å². The molecule has 2 N–H and O–H groups in total. The lowest BCUT2D eigenvalue weighted by Crippen LogP contribution is -2.11. The van der Waals surface area contributed by atoms with Gasteiger partial charge < -0.3 is 10.6 Å². The van der Waals surface area contributed by atoms with Crippen LogP contribution in [0.5, 0.6) is 0 Å². The SMILES string of the molecule is FC(F)(F)c1cc(Cl)ccc1Nc1nncc(NCc2ccccc2)n1. The van der Waals surface area contributed by atoms with E-state index in [-0.39, 0.29) is 16.7 Å². The summed E-state index contributed by atoms with van der Waals surface area (Å²) in [5, 5.41) is 13.1. The highest BCUT2D eigenvalue weighted by Gasteiger charge is 2.34. The Morgan fingerprint density at radius 3 is 2.54 bits per heavy atom. The number of aromatic nitrogens is 3. The number of hydrogen-bond acceptors (Lipinski definition) is 5. The van der Waals surface area contributed by atoms with Crippen LogP contribution in [0.25, 0.3) is 0 Å². The lowest BCUT2D eigenvalue weighted by molar-refractivity contribution is -0.136. The van der Waals surface area contributed by atoms with Gasteiger partial charge in [0.05, 0.1) is 17.4 Å². The number of rotatable bonds is 5. The Balaban J connectivity index is 1.77. The molecular formula is C17H13ClF3N5. The Bertz CT molecular complexity index is 887. The topological polar surface area (TPSA) is 62.7 Å². The Morgan fingerprint density at radius 1 is 1.04 bits per heavy atom. The minimum atomic E-state index is -4.57. The molecule has 0 atom stereocenters. The molecule has 134 valence electrons. The van der Waals surface area contributed by atoms with Gasteiger partial charge >= 0.3 is 6.18 Å². The second-order valence-corrected chi connectivity index (χ2v) is 5.75. The van der Waals surface area contributed by atoms with Crippen LogP contribution in [-0.4, -0.2) is 15.2 Å². The van der Waals surface area contributed by atoms with Crippen molar-refractivity contribution in [1.29, 1.82) is 0 Å². The normalized spacial score (nSPS) is 11.2. The number of alkyl halides is 3. The fourth-order valence-electron chi connectivity index (χ4n) is 2.21. The van der Waals surface area contributed by atoms with Gasteiger partial charge in [0.1, 0.15) is 0 Å². The molecule has 2 aromatic carbocycles. The molecule has 3 rings (SSSR count). The van der Waals surface area contributed by atoms with E-state index in [4.69, 9.17) is 11.6 Å². The van der Waals surface area contributed by atoms with Crippen LogP contribution in [-0.2, 0) is 12.7 Å². The van der Waals surface area contributed by atoms with Crippen molar-refractivity contribution in [2.45, 2.75) is 12.7 Å². The third kappa shape index (κ3) is 4.60. The van der Waals surface area contributed by atoms with Gasteiger partial charge in [-0.15, -0.1) is 5.10 Å². The number of halogens is 4. The first kappa shape index (κ1) is 17.9. The van der Waals surface area contributed by atoms with E-state index < -0.39 is 11.7 Å². The Morgan fingerprint density at radius 2 is 1.81 bits per heavy atom. The van der Waals surface area contributed by atoms with Crippen LogP contribution in [0.3, 0.4) is 0 Å². The number of hydrogen-bond donors (Lipinski definition) is 2. The van der Waals surface area contributed by atoms with Gasteiger partial charge in [0, 0.05) is 11.6 Å². The van der Waals surface area contributed by atoms with Gasteiger partial charge in [-0.05, 0) is 23.8 Å². The molecule has 0 amide bonds. The maximum absolute atomic E-state index is 13.2. The summed E-state index contributed by atoms with van der Waals surface area (Å²) in [6, 6.07) is 13.0. The van der Waals surface area contributed by atoms with Gasteiger partial charge in [-0.2, -0.15) is 23.3 Å². The van der Waals surface area contributed by atoms with Gasteiger partial charge in [-0.1, -0.05) is 41.9 Å². The molecule has 0 aliphatic carbocycles. The smallest absolute Gasteiger partial charge is 0.365 e. The van der Waals surface area contributed by atoms with E-state index in [1.165, 1.54) is 18.3 Å². The average molecular weight is 380 g/mol. The van der Waals surface area contributed by atoms with Crippen molar-refractivity contribution < 1.29 is 13.2 Å². The molecular weight excluding hydrogens is 367 g/mol. The maximum Gasteiger partial charge on any atom is 0.418 e. The number of nitrogens with zero attached hydrogens (tertiary/aromatic N) is 3. The predicted octanol–water partition coefficient (Wildman–Crippen LogP) is 4.90. The van der Waals surface area contributed by atoms with Crippen molar-refractivity contribution in [2.75, 3.05) is 10.6 Å². The molecule has 0 saturated carbocycles.